The van der Waals surface area contributed by atoms with Gasteiger partial charge in [-0.3, -0.25) is 9.59 Å². The van der Waals surface area contributed by atoms with Crippen molar-refractivity contribution in [3.8, 4) is 0 Å². The summed E-state index contributed by atoms with van der Waals surface area (Å²) in [6.07, 6.45) is 2.57. The first-order valence-corrected chi connectivity index (χ1v) is 7.88. The molecular weight excluding hydrogens is 312 g/mol. The van der Waals surface area contributed by atoms with Crippen LogP contribution in [0.5, 0.6) is 0 Å². The average molecular weight is 336 g/mol. The van der Waals surface area contributed by atoms with Gasteiger partial charge in [-0.2, -0.15) is 0 Å². The summed E-state index contributed by atoms with van der Waals surface area (Å²) in [5.74, 6) is -2.37. The topological polar surface area (TPSA) is 119 Å². The second-order valence-corrected chi connectivity index (χ2v) is 5.56. The fourth-order valence-corrected chi connectivity index (χ4v) is 1.97. The van der Waals surface area contributed by atoms with Gasteiger partial charge < -0.3 is 20.9 Å². The number of aryl methyl sites for hydroxylation is 1. The number of ether oxygens (including phenoxy) is 1. The van der Waals surface area contributed by atoms with Crippen LogP contribution < -0.4 is 11.1 Å². The zero-order valence-corrected chi connectivity index (χ0v) is 13.7. The molecule has 0 aliphatic heterocycles. The number of unbranched alkanes of at least 4 members (excludes halogenated alkanes) is 1. The molecule has 1 amide bonds. The van der Waals surface area contributed by atoms with Crippen molar-refractivity contribution >= 4 is 17.8 Å². The Balaban J connectivity index is 2.25. The molecule has 0 radical (unpaired) electrons. The van der Waals surface area contributed by atoms with Gasteiger partial charge in [0.05, 0.1) is 6.04 Å². The average Bonchev–Trinajstić information content (AvgIpc) is 2.55. The lowest BCUT2D eigenvalue weighted by molar-refractivity contribution is -0.150. The zero-order chi connectivity index (χ0) is 17.9. The van der Waals surface area contributed by atoms with E-state index in [1.165, 1.54) is 12.5 Å². The van der Waals surface area contributed by atoms with E-state index < -0.39 is 36.5 Å². The van der Waals surface area contributed by atoms with Crippen LogP contribution in [0, 0.1) is 0 Å². The highest BCUT2D eigenvalue weighted by atomic mass is 16.5. The van der Waals surface area contributed by atoms with Crippen LogP contribution in [0.4, 0.5) is 0 Å². The largest absolute Gasteiger partial charge is 0.480 e. The van der Waals surface area contributed by atoms with Crippen molar-refractivity contribution in [1.29, 1.82) is 0 Å². The van der Waals surface area contributed by atoms with Crippen LogP contribution >= 0.6 is 0 Å². The summed E-state index contributed by atoms with van der Waals surface area (Å²) < 4.78 is 4.92. The standard InChI is InChI=1S/C17H24N2O5/c1-12(18)16(21)19-14(17(22)23)11-24-15(20)10-6-5-9-13-7-3-2-4-8-13/h2-4,7-8,12,14H,5-6,9-11,18H2,1H3,(H,19,21)(H,22,23)/t12-,14+/m1/s1. The monoisotopic (exact) mass is 336 g/mol. The Morgan fingerprint density at radius 1 is 1.21 bits per heavy atom. The van der Waals surface area contributed by atoms with E-state index in [1.54, 1.807) is 0 Å². The summed E-state index contributed by atoms with van der Waals surface area (Å²) in [7, 11) is 0. The van der Waals surface area contributed by atoms with Gasteiger partial charge in [-0.15, -0.1) is 0 Å². The lowest BCUT2D eigenvalue weighted by Gasteiger charge is -2.16. The van der Waals surface area contributed by atoms with Crippen molar-refractivity contribution < 1.29 is 24.2 Å². The van der Waals surface area contributed by atoms with Crippen LogP contribution in [0.1, 0.15) is 31.7 Å². The number of hydrogen-bond donors (Lipinski definition) is 3. The Kier molecular flexibility index (Phi) is 8.49. The molecule has 0 aliphatic rings. The first-order valence-electron chi connectivity index (χ1n) is 7.88. The molecule has 0 saturated heterocycles. The summed E-state index contributed by atoms with van der Waals surface area (Å²) >= 11 is 0. The molecule has 132 valence electrons. The molecule has 1 aromatic carbocycles. The first kappa shape index (κ1) is 19.6. The van der Waals surface area contributed by atoms with Gasteiger partial charge in [-0.1, -0.05) is 30.3 Å². The lowest BCUT2D eigenvalue weighted by Crippen LogP contribution is -2.49. The van der Waals surface area contributed by atoms with E-state index in [2.05, 4.69) is 5.32 Å². The van der Waals surface area contributed by atoms with Gasteiger partial charge in [0.1, 0.15) is 6.61 Å². The molecule has 0 aromatic heterocycles. The van der Waals surface area contributed by atoms with Crippen molar-refractivity contribution in [2.45, 2.75) is 44.7 Å². The smallest absolute Gasteiger partial charge is 0.329 e. The molecular formula is C17H24N2O5. The Hall–Kier alpha value is -2.41. The fourth-order valence-electron chi connectivity index (χ4n) is 1.97. The van der Waals surface area contributed by atoms with Crippen LogP contribution in [0.3, 0.4) is 0 Å². The third-order valence-electron chi connectivity index (χ3n) is 3.38. The number of carboxylic acid groups (broad SMARTS) is 1. The van der Waals surface area contributed by atoms with Crippen LogP contribution in [0.25, 0.3) is 0 Å². The SMILES string of the molecule is C[C@@H](N)C(=O)N[C@@H](COC(=O)CCCCc1ccccc1)C(=O)O. The number of esters is 1. The molecule has 24 heavy (non-hydrogen) atoms. The van der Waals surface area contributed by atoms with E-state index in [-0.39, 0.29) is 6.42 Å². The van der Waals surface area contributed by atoms with Crippen molar-refractivity contribution in [2.24, 2.45) is 5.73 Å². The Morgan fingerprint density at radius 2 is 1.88 bits per heavy atom. The van der Waals surface area contributed by atoms with E-state index in [0.717, 1.165) is 12.8 Å². The maximum atomic E-state index is 11.6. The van der Waals surface area contributed by atoms with Gasteiger partial charge in [0.25, 0.3) is 0 Å². The fraction of sp³-hybridized carbons (Fsp3) is 0.471. The zero-order valence-electron chi connectivity index (χ0n) is 13.7. The molecule has 1 aromatic rings. The molecule has 0 saturated carbocycles. The van der Waals surface area contributed by atoms with Gasteiger partial charge in [0.2, 0.25) is 5.91 Å². The van der Waals surface area contributed by atoms with Gasteiger partial charge >= 0.3 is 11.9 Å². The number of rotatable bonds is 10. The van der Waals surface area contributed by atoms with Gasteiger partial charge in [0.15, 0.2) is 6.04 Å². The van der Waals surface area contributed by atoms with Gasteiger partial charge in [-0.05, 0) is 31.7 Å². The van der Waals surface area contributed by atoms with Crippen molar-refractivity contribution in [3.63, 3.8) is 0 Å². The highest BCUT2D eigenvalue weighted by Gasteiger charge is 2.23. The third-order valence-corrected chi connectivity index (χ3v) is 3.38. The molecule has 2 atom stereocenters. The number of nitrogens with one attached hydrogen (secondary N) is 1. The van der Waals surface area contributed by atoms with Crippen LogP contribution in [0.2, 0.25) is 0 Å². The number of aliphatic carboxylic acids is 1. The second kappa shape index (κ2) is 10.4. The highest BCUT2D eigenvalue weighted by Crippen LogP contribution is 2.07. The van der Waals surface area contributed by atoms with Crippen LogP contribution in [-0.2, 0) is 25.5 Å². The van der Waals surface area contributed by atoms with Gasteiger partial charge in [0, 0.05) is 6.42 Å². The molecule has 0 bridgehead atoms. The molecule has 0 heterocycles. The quantitative estimate of drug-likeness (QED) is 0.431. The summed E-state index contributed by atoms with van der Waals surface area (Å²) in [6.45, 7) is 1.03. The van der Waals surface area contributed by atoms with Crippen LogP contribution in [-0.4, -0.2) is 41.6 Å². The predicted molar refractivity (Wildman–Crippen MR) is 88.2 cm³/mol. The minimum atomic E-state index is -1.29. The number of amides is 1. The van der Waals surface area contributed by atoms with E-state index >= 15 is 0 Å². The first-order chi connectivity index (χ1) is 11.4. The summed E-state index contributed by atoms with van der Waals surface area (Å²) in [5, 5.41) is 11.2. The van der Waals surface area contributed by atoms with Crippen molar-refractivity contribution in [1.82, 2.24) is 5.32 Å². The number of benzene rings is 1. The van der Waals surface area contributed by atoms with E-state index in [9.17, 15) is 14.4 Å². The normalized spacial score (nSPS) is 12.9. The minimum absolute atomic E-state index is 0.209. The van der Waals surface area contributed by atoms with E-state index in [1.807, 2.05) is 30.3 Å². The molecule has 7 heteroatoms. The molecule has 4 N–H and O–H groups in total. The summed E-state index contributed by atoms with van der Waals surface area (Å²) in [5.41, 5.74) is 6.56. The predicted octanol–water partition coefficient (Wildman–Crippen LogP) is 0.859. The number of carboxylic acids is 1. The van der Waals surface area contributed by atoms with Gasteiger partial charge in [-0.25, -0.2) is 4.79 Å². The Labute approximate surface area is 141 Å². The molecule has 7 nitrogen and oxygen atoms in total. The molecule has 0 fully saturated rings. The van der Waals surface area contributed by atoms with Crippen LogP contribution in [0.15, 0.2) is 30.3 Å². The molecule has 0 unspecified atom stereocenters. The number of carbonyl (C=O) groups excluding carboxylic acids is 2. The molecule has 0 spiro atoms. The maximum absolute atomic E-state index is 11.6. The molecule has 1 rings (SSSR count). The Morgan fingerprint density at radius 3 is 2.46 bits per heavy atom. The molecule has 0 aliphatic carbocycles. The maximum Gasteiger partial charge on any atom is 0.329 e. The number of hydrogen-bond acceptors (Lipinski definition) is 5. The number of nitrogens with two attached hydrogens (primary N) is 1. The Bertz CT molecular complexity index is 545. The second-order valence-electron chi connectivity index (χ2n) is 5.56. The summed E-state index contributed by atoms with van der Waals surface area (Å²) in [4.78, 5) is 34.1. The lowest BCUT2D eigenvalue weighted by atomic mass is 10.1. The van der Waals surface area contributed by atoms with E-state index in [0.29, 0.717) is 6.42 Å². The van der Waals surface area contributed by atoms with Crippen molar-refractivity contribution in [3.05, 3.63) is 35.9 Å². The third kappa shape index (κ3) is 7.73. The summed E-state index contributed by atoms with van der Waals surface area (Å²) in [6, 6.07) is 7.80. The van der Waals surface area contributed by atoms with Crippen molar-refractivity contribution in [2.75, 3.05) is 6.61 Å². The highest BCUT2D eigenvalue weighted by molar-refractivity contribution is 5.86. The minimum Gasteiger partial charge on any atom is -0.480 e. The number of carbonyl (C=O) groups is 3. The van der Waals surface area contributed by atoms with E-state index in [4.69, 9.17) is 15.6 Å².